The van der Waals surface area contributed by atoms with E-state index in [2.05, 4.69) is 5.32 Å². The van der Waals surface area contributed by atoms with Crippen molar-refractivity contribution in [3.63, 3.8) is 0 Å². The van der Waals surface area contributed by atoms with Crippen LogP contribution in [-0.2, 0) is 29.0 Å². The smallest absolute Gasteiger partial charge is 0.243 e. The molecule has 2 amide bonds. The van der Waals surface area contributed by atoms with Crippen molar-refractivity contribution in [1.29, 1.82) is 0 Å². The molecule has 172 valence electrons. The lowest BCUT2D eigenvalue weighted by molar-refractivity contribution is -0.141. The quantitative estimate of drug-likeness (QED) is 0.465. The fourth-order valence-electron chi connectivity index (χ4n) is 3.82. The van der Waals surface area contributed by atoms with Crippen molar-refractivity contribution in [2.24, 2.45) is 0 Å². The Labute approximate surface area is 201 Å². The maximum absolute atomic E-state index is 13.7. The SMILES string of the molecule is Cc1ccccc1CC(=O)N(Cc1ccccc1Cl)C(Cc1ccccc1)C(=O)NC(C)C. The molecule has 0 aromatic heterocycles. The summed E-state index contributed by atoms with van der Waals surface area (Å²) in [7, 11) is 0. The number of aryl methyl sites for hydroxylation is 1. The number of hydrogen-bond donors (Lipinski definition) is 1. The van der Waals surface area contributed by atoms with Crippen molar-refractivity contribution in [1.82, 2.24) is 10.2 Å². The molecule has 1 unspecified atom stereocenters. The molecule has 0 heterocycles. The van der Waals surface area contributed by atoms with E-state index >= 15 is 0 Å². The first-order valence-corrected chi connectivity index (χ1v) is 11.6. The predicted octanol–water partition coefficient (Wildman–Crippen LogP) is 5.36. The highest BCUT2D eigenvalue weighted by Gasteiger charge is 2.31. The third-order valence-electron chi connectivity index (χ3n) is 5.60. The third-order valence-corrected chi connectivity index (χ3v) is 5.97. The molecule has 0 aliphatic heterocycles. The van der Waals surface area contributed by atoms with Gasteiger partial charge in [0.15, 0.2) is 0 Å². The van der Waals surface area contributed by atoms with Gasteiger partial charge in [-0.2, -0.15) is 0 Å². The Morgan fingerprint density at radius 2 is 1.48 bits per heavy atom. The summed E-state index contributed by atoms with van der Waals surface area (Å²) in [5.74, 6) is -0.275. The number of nitrogens with zero attached hydrogens (tertiary/aromatic N) is 1. The van der Waals surface area contributed by atoms with Gasteiger partial charge in [-0.25, -0.2) is 0 Å². The highest BCUT2D eigenvalue weighted by Crippen LogP contribution is 2.22. The number of halogens is 1. The summed E-state index contributed by atoms with van der Waals surface area (Å²) in [4.78, 5) is 28.7. The molecule has 3 rings (SSSR count). The van der Waals surface area contributed by atoms with Gasteiger partial charge in [-0.3, -0.25) is 9.59 Å². The van der Waals surface area contributed by atoms with Crippen molar-refractivity contribution in [3.05, 3.63) is 106 Å². The summed E-state index contributed by atoms with van der Waals surface area (Å²) in [6.45, 7) is 6.09. The van der Waals surface area contributed by atoms with Crippen LogP contribution in [0.2, 0.25) is 5.02 Å². The fourth-order valence-corrected chi connectivity index (χ4v) is 4.01. The molecule has 0 saturated carbocycles. The number of hydrogen-bond acceptors (Lipinski definition) is 2. The Morgan fingerprint density at radius 3 is 2.12 bits per heavy atom. The Bertz CT molecular complexity index is 1080. The summed E-state index contributed by atoms with van der Waals surface area (Å²) in [6, 6.07) is 24.4. The van der Waals surface area contributed by atoms with Gasteiger partial charge in [-0.1, -0.05) is 84.4 Å². The highest BCUT2D eigenvalue weighted by atomic mass is 35.5. The van der Waals surface area contributed by atoms with Crippen molar-refractivity contribution >= 4 is 23.4 Å². The number of amides is 2. The molecule has 4 nitrogen and oxygen atoms in total. The van der Waals surface area contributed by atoms with Gasteiger partial charge in [0, 0.05) is 24.0 Å². The van der Waals surface area contributed by atoms with Gasteiger partial charge >= 0.3 is 0 Å². The van der Waals surface area contributed by atoms with E-state index in [1.807, 2.05) is 93.6 Å². The van der Waals surface area contributed by atoms with E-state index in [0.29, 0.717) is 11.4 Å². The number of carbonyl (C=O) groups excluding carboxylic acids is 2. The molecule has 1 atom stereocenters. The predicted molar refractivity (Wildman–Crippen MR) is 134 cm³/mol. The number of rotatable bonds is 9. The first-order valence-electron chi connectivity index (χ1n) is 11.3. The lowest BCUT2D eigenvalue weighted by Crippen LogP contribution is -2.52. The molecule has 0 aliphatic carbocycles. The molecule has 0 bridgehead atoms. The van der Waals surface area contributed by atoms with E-state index in [9.17, 15) is 9.59 Å². The van der Waals surface area contributed by atoms with Crippen LogP contribution >= 0.6 is 11.6 Å². The maximum atomic E-state index is 13.7. The Kier molecular flexibility index (Phi) is 8.67. The van der Waals surface area contributed by atoms with Crippen molar-refractivity contribution in [2.45, 2.75) is 52.2 Å². The number of benzene rings is 3. The van der Waals surface area contributed by atoms with E-state index in [1.165, 1.54) is 0 Å². The lowest BCUT2D eigenvalue weighted by Gasteiger charge is -2.32. The Balaban J connectivity index is 1.99. The summed E-state index contributed by atoms with van der Waals surface area (Å²) in [5.41, 5.74) is 3.81. The average Bonchev–Trinajstić information content (AvgIpc) is 2.79. The molecular formula is C28H31ClN2O2. The van der Waals surface area contributed by atoms with Gasteiger partial charge < -0.3 is 10.2 Å². The first kappa shape index (κ1) is 24.5. The molecule has 0 saturated heterocycles. The monoisotopic (exact) mass is 462 g/mol. The third kappa shape index (κ3) is 6.93. The minimum Gasteiger partial charge on any atom is -0.352 e. The molecule has 3 aromatic carbocycles. The molecule has 1 N–H and O–H groups in total. The van der Waals surface area contributed by atoms with Gasteiger partial charge in [0.2, 0.25) is 11.8 Å². The van der Waals surface area contributed by atoms with E-state index in [1.54, 1.807) is 11.0 Å². The molecule has 0 fully saturated rings. The Morgan fingerprint density at radius 1 is 0.879 bits per heavy atom. The van der Waals surface area contributed by atoms with Gasteiger partial charge in [-0.05, 0) is 49.1 Å². The maximum Gasteiger partial charge on any atom is 0.243 e. The van der Waals surface area contributed by atoms with Crippen LogP contribution in [0.1, 0.15) is 36.1 Å². The molecule has 33 heavy (non-hydrogen) atoms. The summed E-state index contributed by atoms with van der Waals surface area (Å²) < 4.78 is 0. The van der Waals surface area contributed by atoms with Crippen LogP contribution in [0.3, 0.4) is 0 Å². The van der Waals surface area contributed by atoms with Crippen LogP contribution in [0.5, 0.6) is 0 Å². The Hall–Kier alpha value is -3.11. The van der Waals surface area contributed by atoms with Crippen LogP contribution in [0.15, 0.2) is 78.9 Å². The van der Waals surface area contributed by atoms with Crippen LogP contribution in [0.4, 0.5) is 0 Å². The summed E-state index contributed by atoms with van der Waals surface area (Å²) in [5, 5.41) is 3.59. The second-order valence-corrected chi connectivity index (χ2v) is 8.99. The topological polar surface area (TPSA) is 49.4 Å². The molecule has 0 spiro atoms. The van der Waals surface area contributed by atoms with Gasteiger partial charge in [0.1, 0.15) is 6.04 Å². The van der Waals surface area contributed by atoms with E-state index < -0.39 is 6.04 Å². The van der Waals surface area contributed by atoms with Crippen LogP contribution in [0, 0.1) is 6.92 Å². The largest absolute Gasteiger partial charge is 0.352 e. The van der Waals surface area contributed by atoms with Gasteiger partial charge in [0.25, 0.3) is 0 Å². The lowest BCUT2D eigenvalue weighted by atomic mass is 10.00. The van der Waals surface area contributed by atoms with E-state index in [4.69, 9.17) is 11.6 Å². The molecule has 0 radical (unpaired) electrons. The van der Waals surface area contributed by atoms with Gasteiger partial charge in [0.05, 0.1) is 6.42 Å². The second kappa shape index (κ2) is 11.7. The average molecular weight is 463 g/mol. The zero-order chi connectivity index (χ0) is 23.8. The molecule has 0 aliphatic rings. The zero-order valence-corrected chi connectivity index (χ0v) is 20.2. The zero-order valence-electron chi connectivity index (χ0n) is 19.4. The highest BCUT2D eigenvalue weighted by molar-refractivity contribution is 6.31. The second-order valence-electron chi connectivity index (χ2n) is 8.59. The van der Waals surface area contributed by atoms with E-state index in [-0.39, 0.29) is 30.8 Å². The number of carbonyl (C=O) groups is 2. The minimum atomic E-state index is -0.664. The van der Waals surface area contributed by atoms with Gasteiger partial charge in [-0.15, -0.1) is 0 Å². The minimum absolute atomic E-state index is 0.0376. The van der Waals surface area contributed by atoms with Crippen LogP contribution in [-0.4, -0.2) is 28.8 Å². The number of nitrogens with one attached hydrogen (secondary N) is 1. The normalized spacial score (nSPS) is 11.8. The fraction of sp³-hybridized carbons (Fsp3) is 0.286. The molecule has 5 heteroatoms. The summed E-state index contributed by atoms with van der Waals surface area (Å²) in [6.07, 6.45) is 0.640. The standard InChI is InChI=1S/C28H31ClN2O2/c1-20(2)30-28(33)26(17-22-12-5-4-6-13-22)31(19-24-15-9-10-16-25(24)29)27(32)18-23-14-8-7-11-21(23)3/h4-16,20,26H,17-19H2,1-3H3,(H,30,33). The molecule has 3 aromatic rings. The van der Waals surface area contributed by atoms with Crippen LogP contribution in [0.25, 0.3) is 0 Å². The van der Waals surface area contributed by atoms with E-state index in [0.717, 1.165) is 22.3 Å². The molecular weight excluding hydrogens is 432 g/mol. The summed E-state index contributed by atoms with van der Waals surface area (Å²) >= 11 is 6.45. The van der Waals surface area contributed by atoms with Crippen molar-refractivity contribution in [2.75, 3.05) is 0 Å². The van der Waals surface area contributed by atoms with Crippen molar-refractivity contribution < 1.29 is 9.59 Å². The van der Waals surface area contributed by atoms with Crippen molar-refractivity contribution in [3.8, 4) is 0 Å². The first-order chi connectivity index (χ1) is 15.8. The van der Waals surface area contributed by atoms with Crippen LogP contribution < -0.4 is 5.32 Å².